The smallest absolute Gasteiger partial charge is 0.427 e. The molecule has 0 aromatic heterocycles. The average molecular weight is 562 g/mol. The lowest BCUT2D eigenvalue weighted by atomic mass is 9.95. The van der Waals surface area contributed by atoms with Gasteiger partial charge in [0.1, 0.15) is 17.7 Å². The Labute approximate surface area is 217 Å². The predicted molar refractivity (Wildman–Crippen MR) is 130 cm³/mol. The van der Waals surface area contributed by atoms with E-state index in [4.69, 9.17) is 4.74 Å². The van der Waals surface area contributed by atoms with Crippen LogP contribution in [0.4, 0.5) is 33.7 Å². The van der Waals surface area contributed by atoms with Crippen LogP contribution in [0.1, 0.15) is 34.6 Å². The lowest BCUT2D eigenvalue weighted by Gasteiger charge is -2.42. The van der Waals surface area contributed by atoms with Gasteiger partial charge in [0, 0.05) is 12.6 Å². The molecular weight excluding hydrogens is 534 g/mol. The van der Waals surface area contributed by atoms with Crippen molar-refractivity contribution >= 4 is 33.4 Å². The van der Waals surface area contributed by atoms with Crippen molar-refractivity contribution in [1.29, 1.82) is 0 Å². The molecule has 0 spiro atoms. The number of hydrogen-bond acceptors (Lipinski definition) is 6. The van der Waals surface area contributed by atoms with Crippen molar-refractivity contribution in [3.63, 3.8) is 0 Å². The molecule has 38 heavy (non-hydrogen) atoms. The molecule has 1 aliphatic rings. The fourth-order valence-corrected chi connectivity index (χ4v) is 5.10. The number of rotatable bonds is 6. The van der Waals surface area contributed by atoms with Crippen LogP contribution in [0.3, 0.4) is 0 Å². The molecule has 2 amide bonds. The van der Waals surface area contributed by atoms with Gasteiger partial charge in [-0.25, -0.2) is 17.6 Å². The Balaban J connectivity index is 2.02. The van der Waals surface area contributed by atoms with Crippen molar-refractivity contribution in [2.45, 2.75) is 62.9 Å². The molecule has 1 atom stereocenters. The Bertz CT molecular complexity index is 1330. The zero-order valence-electron chi connectivity index (χ0n) is 21.1. The number of halogens is 4. The highest BCUT2D eigenvalue weighted by atomic mass is 32.2. The minimum absolute atomic E-state index is 0.0444. The number of amides is 2. The Morgan fingerprint density at radius 3 is 2.21 bits per heavy atom. The highest BCUT2D eigenvalue weighted by Gasteiger charge is 2.51. The van der Waals surface area contributed by atoms with E-state index in [0.29, 0.717) is 13.8 Å². The topological polar surface area (TPSA) is 114 Å². The zero-order chi connectivity index (χ0) is 28.7. The van der Waals surface area contributed by atoms with E-state index in [1.54, 1.807) is 13.8 Å². The molecule has 9 nitrogen and oxygen atoms in total. The van der Waals surface area contributed by atoms with Crippen LogP contribution >= 0.6 is 0 Å². The molecule has 14 heteroatoms. The number of anilines is 2. The van der Waals surface area contributed by atoms with E-state index >= 15 is 0 Å². The van der Waals surface area contributed by atoms with Crippen molar-refractivity contribution in [3.8, 4) is 5.75 Å². The van der Waals surface area contributed by atoms with Gasteiger partial charge in [-0.05, 0) is 70.2 Å². The summed E-state index contributed by atoms with van der Waals surface area (Å²) in [6.45, 7) is 5.64. The Morgan fingerprint density at radius 1 is 1.05 bits per heavy atom. The Hall–Kier alpha value is -3.55. The second kappa shape index (κ2) is 9.97. The van der Waals surface area contributed by atoms with Gasteiger partial charge in [-0.1, -0.05) is 0 Å². The average Bonchev–Trinajstić information content (AvgIpc) is 2.76. The van der Waals surface area contributed by atoms with E-state index in [-0.39, 0.29) is 34.5 Å². The van der Waals surface area contributed by atoms with Crippen LogP contribution in [0.2, 0.25) is 0 Å². The molecule has 0 saturated carbocycles. The standard InChI is InChI=1S/C24H27F4N3O6S/c1-14(32)30-22(2,3)20-13-31(38(34,35)17-9-6-15(25)7-10-17)18-12-16(8-11-19(18)36-20)29-21(33)37-23(4,5)24(26,27)28/h6-12,20H,13H2,1-5H3,(H,29,33)(H,30,32)/t20-/m1/s1. The van der Waals surface area contributed by atoms with E-state index in [1.165, 1.54) is 25.1 Å². The van der Waals surface area contributed by atoms with Gasteiger partial charge in [0.2, 0.25) is 11.5 Å². The molecule has 0 fully saturated rings. The molecule has 2 aromatic carbocycles. The monoisotopic (exact) mass is 561 g/mol. The largest absolute Gasteiger partial charge is 0.484 e. The normalized spacial score (nSPS) is 16.2. The fraction of sp³-hybridized carbons (Fsp3) is 0.417. The maximum Gasteiger partial charge on any atom is 0.427 e. The number of nitrogens with zero attached hydrogens (tertiary/aromatic N) is 1. The first-order chi connectivity index (χ1) is 17.3. The Morgan fingerprint density at radius 2 is 1.66 bits per heavy atom. The molecule has 0 bridgehead atoms. The summed E-state index contributed by atoms with van der Waals surface area (Å²) in [6, 6.07) is 7.91. The molecule has 3 rings (SSSR count). The van der Waals surface area contributed by atoms with Crippen LogP contribution in [-0.2, 0) is 19.6 Å². The minimum Gasteiger partial charge on any atom is -0.484 e. The molecule has 2 N–H and O–H groups in total. The SMILES string of the molecule is CC(=O)NC(C)(C)[C@H]1CN(S(=O)(=O)c2ccc(F)cc2)c2cc(NC(=O)OC(C)(C)C(F)(F)F)ccc2O1. The van der Waals surface area contributed by atoms with Crippen LogP contribution in [0, 0.1) is 5.82 Å². The fourth-order valence-electron chi connectivity index (χ4n) is 3.63. The van der Waals surface area contributed by atoms with Crippen LogP contribution < -0.4 is 19.7 Å². The molecule has 0 radical (unpaired) electrons. The zero-order valence-corrected chi connectivity index (χ0v) is 22.0. The maximum absolute atomic E-state index is 13.6. The quantitative estimate of drug-likeness (QED) is 0.499. The van der Waals surface area contributed by atoms with Gasteiger partial charge < -0.3 is 14.8 Å². The van der Waals surface area contributed by atoms with E-state index in [1.807, 2.05) is 0 Å². The molecule has 2 aromatic rings. The predicted octanol–water partition coefficient (Wildman–Crippen LogP) is 4.59. The van der Waals surface area contributed by atoms with Crippen LogP contribution in [-0.4, -0.2) is 50.4 Å². The summed E-state index contributed by atoms with van der Waals surface area (Å²) in [7, 11) is -4.33. The second-order valence-electron chi connectivity index (χ2n) is 9.70. The van der Waals surface area contributed by atoms with E-state index < -0.39 is 45.4 Å². The van der Waals surface area contributed by atoms with Crippen LogP contribution in [0.5, 0.6) is 5.75 Å². The summed E-state index contributed by atoms with van der Waals surface area (Å²) in [5.74, 6) is -0.972. The van der Waals surface area contributed by atoms with Crippen molar-refractivity contribution in [1.82, 2.24) is 5.32 Å². The highest BCUT2D eigenvalue weighted by molar-refractivity contribution is 7.92. The third-order valence-corrected chi connectivity index (χ3v) is 7.60. The summed E-state index contributed by atoms with van der Waals surface area (Å²) >= 11 is 0. The van der Waals surface area contributed by atoms with Crippen molar-refractivity contribution < 1.29 is 45.0 Å². The lowest BCUT2D eigenvalue weighted by molar-refractivity contribution is -0.242. The van der Waals surface area contributed by atoms with Gasteiger partial charge in [-0.15, -0.1) is 0 Å². The lowest BCUT2D eigenvalue weighted by Crippen LogP contribution is -2.60. The van der Waals surface area contributed by atoms with E-state index in [2.05, 4.69) is 15.4 Å². The van der Waals surface area contributed by atoms with E-state index in [0.717, 1.165) is 28.6 Å². The van der Waals surface area contributed by atoms with Crippen LogP contribution in [0.25, 0.3) is 0 Å². The summed E-state index contributed by atoms with van der Waals surface area (Å²) in [5.41, 5.74) is -3.94. The molecule has 0 aliphatic carbocycles. The molecular formula is C24H27F4N3O6S. The molecule has 1 heterocycles. The summed E-state index contributed by atoms with van der Waals surface area (Å²) in [6.07, 6.45) is -7.13. The van der Waals surface area contributed by atoms with Gasteiger partial charge in [-0.3, -0.25) is 14.4 Å². The number of ether oxygens (including phenoxy) is 2. The first-order valence-electron chi connectivity index (χ1n) is 11.3. The number of nitrogens with one attached hydrogen (secondary N) is 2. The van der Waals surface area contributed by atoms with Gasteiger partial charge in [-0.2, -0.15) is 13.2 Å². The number of hydrogen-bond donors (Lipinski definition) is 2. The second-order valence-corrected chi connectivity index (χ2v) is 11.6. The number of benzene rings is 2. The van der Waals surface area contributed by atoms with Gasteiger partial charge in [0.25, 0.3) is 10.0 Å². The minimum atomic E-state index is -4.83. The number of carbonyl (C=O) groups is 2. The number of alkyl halides is 3. The summed E-state index contributed by atoms with van der Waals surface area (Å²) < 4.78 is 91.4. The van der Waals surface area contributed by atoms with Gasteiger partial charge in [0.15, 0.2) is 0 Å². The molecule has 208 valence electrons. The maximum atomic E-state index is 13.6. The van der Waals surface area contributed by atoms with Gasteiger partial charge in [0.05, 0.1) is 22.7 Å². The number of sulfonamides is 1. The van der Waals surface area contributed by atoms with Gasteiger partial charge >= 0.3 is 12.3 Å². The van der Waals surface area contributed by atoms with Crippen molar-refractivity contribution in [2.24, 2.45) is 0 Å². The molecule has 1 aliphatic heterocycles. The number of carbonyl (C=O) groups excluding carboxylic acids is 2. The molecule has 0 unspecified atom stereocenters. The summed E-state index contributed by atoms with van der Waals surface area (Å²) in [5, 5.41) is 4.87. The van der Waals surface area contributed by atoms with Crippen molar-refractivity contribution in [2.75, 3.05) is 16.2 Å². The highest BCUT2D eigenvalue weighted by Crippen LogP contribution is 2.41. The molecule has 0 saturated heterocycles. The summed E-state index contributed by atoms with van der Waals surface area (Å²) in [4.78, 5) is 23.7. The van der Waals surface area contributed by atoms with Crippen molar-refractivity contribution in [3.05, 3.63) is 48.3 Å². The Kier molecular flexibility index (Phi) is 7.61. The number of fused-ring (bicyclic) bond motifs is 1. The van der Waals surface area contributed by atoms with Crippen LogP contribution in [0.15, 0.2) is 47.4 Å². The first-order valence-corrected chi connectivity index (χ1v) is 12.7. The third-order valence-electron chi connectivity index (χ3n) is 5.81. The third kappa shape index (κ3) is 6.11. The first kappa shape index (κ1) is 29.0. The van der Waals surface area contributed by atoms with E-state index in [9.17, 15) is 35.6 Å².